The molecule has 0 bridgehead atoms. The number of aromatic nitrogens is 5. The van der Waals surface area contributed by atoms with Crippen LogP contribution in [0, 0.1) is 5.82 Å². The fraction of sp³-hybridized carbons (Fsp3) is 0.0800. The number of hydrogen-bond donors (Lipinski definition) is 3. The van der Waals surface area contributed by atoms with Gasteiger partial charge in [0.15, 0.2) is 0 Å². The molecule has 0 saturated heterocycles. The van der Waals surface area contributed by atoms with Crippen LogP contribution in [0.15, 0.2) is 64.1 Å². The first kappa shape index (κ1) is 21.5. The number of furan rings is 1. The van der Waals surface area contributed by atoms with Crippen molar-refractivity contribution in [3.05, 3.63) is 82.4 Å². The molecule has 0 amide bonds. The van der Waals surface area contributed by atoms with Crippen molar-refractivity contribution in [2.24, 2.45) is 7.05 Å². The Morgan fingerprint density at radius 3 is 2.86 bits per heavy atom. The van der Waals surface area contributed by atoms with Crippen molar-refractivity contribution < 1.29 is 23.3 Å². The molecule has 178 valence electrons. The number of carboxylic acids is 1. The first-order valence-corrected chi connectivity index (χ1v) is 10.9. The fourth-order valence-corrected chi connectivity index (χ4v) is 4.68. The highest BCUT2D eigenvalue weighted by atomic mass is 19.1. The lowest BCUT2D eigenvalue weighted by atomic mass is 10.0. The van der Waals surface area contributed by atoms with E-state index in [-0.39, 0.29) is 45.8 Å². The van der Waals surface area contributed by atoms with Crippen molar-refractivity contribution in [3.63, 3.8) is 0 Å². The van der Waals surface area contributed by atoms with Gasteiger partial charge < -0.3 is 19.1 Å². The number of nitrogens with zero attached hydrogens (tertiary/aromatic N) is 4. The zero-order valence-electron chi connectivity index (χ0n) is 18.8. The third kappa shape index (κ3) is 3.06. The van der Waals surface area contributed by atoms with Gasteiger partial charge in [-0.05, 0) is 42.0 Å². The van der Waals surface area contributed by atoms with Crippen molar-refractivity contribution in [2.75, 3.05) is 5.73 Å². The Bertz CT molecular complexity index is 1920. The summed E-state index contributed by atoms with van der Waals surface area (Å²) in [5.41, 5.74) is 7.89. The Kier molecular flexibility index (Phi) is 4.61. The van der Waals surface area contributed by atoms with Gasteiger partial charge in [0, 0.05) is 23.4 Å². The number of hydrogen-bond acceptors (Lipinski definition) is 6. The summed E-state index contributed by atoms with van der Waals surface area (Å²) in [4.78, 5) is 28.0. The summed E-state index contributed by atoms with van der Waals surface area (Å²) in [5.74, 6) is -1.60. The molecule has 0 saturated carbocycles. The summed E-state index contributed by atoms with van der Waals surface area (Å²) in [5, 5.41) is 18.9. The van der Waals surface area contributed by atoms with Crippen LogP contribution in [0.4, 0.5) is 10.3 Å². The summed E-state index contributed by atoms with van der Waals surface area (Å²) >= 11 is 0. The van der Waals surface area contributed by atoms with E-state index in [1.807, 2.05) is 0 Å². The maximum Gasteiger partial charge on any atom is 0.412 e. The van der Waals surface area contributed by atoms with E-state index in [0.717, 1.165) is 5.52 Å². The first-order chi connectivity index (χ1) is 17.3. The van der Waals surface area contributed by atoms with Crippen LogP contribution in [0.3, 0.4) is 0 Å². The molecular formula is C25H18FN6O4+. The molecule has 6 rings (SSSR count). The van der Waals surface area contributed by atoms with Gasteiger partial charge in [-0.1, -0.05) is 11.2 Å². The van der Waals surface area contributed by atoms with E-state index < -0.39 is 17.3 Å². The van der Waals surface area contributed by atoms with Crippen molar-refractivity contribution >= 4 is 44.8 Å². The average Bonchev–Trinajstić information content (AvgIpc) is 3.46. The molecule has 4 heterocycles. The number of benzene rings is 2. The van der Waals surface area contributed by atoms with Crippen molar-refractivity contribution in [1.29, 1.82) is 0 Å². The lowest BCUT2D eigenvalue weighted by molar-refractivity contribution is -0.633. The Morgan fingerprint density at radius 2 is 2.08 bits per heavy atom. The van der Waals surface area contributed by atoms with Crippen molar-refractivity contribution in [3.8, 4) is 11.1 Å². The highest BCUT2D eigenvalue weighted by Gasteiger charge is 2.29. The minimum atomic E-state index is -1.27. The number of nitrogen functional groups attached to an aromatic ring is 1. The average molecular weight is 485 g/mol. The van der Waals surface area contributed by atoms with E-state index >= 15 is 4.39 Å². The Labute approximate surface area is 201 Å². The van der Waals surface area contributed by atoms with Gasteiger partial charge in [-0.3, -0.25) is 10.5 Å². The van der Waals surface area contributed by atoms with E-state index in [2.05, 4.69) is 15.2 Å². The molecular weight excluding hydrogens is 467 g/mol. The Hall–Kier alpha value is -5.06. The van der Waals surface area contributed by atoms with E-state index in [1.54, 1.807) is 35.9 Å². The number of fused-ring (bicyclic) bond motifs is 4. The lowest BCUT2D eigenvalue weighted by Gasteiger charge is -2.10. The fourth-order valence-electron chi connectivity index (χ4n) is 4.68. The van der Waals surface area contributed by atoms with Crippen LogP contribution in [0.1, 0.15) is 16.1 Å². The zero-order valence-corrected chi connectivity index (χ0v) is 18.8. The van der Waals surface area contributed by atoms with E-state index in [9.17, 15) is 14.7 Å². The summed E-state index contributed by atoms with van der Waals surface area (Å²) in [6.45, 7) is 0.0558. The van der Waals surface area contributed by atoms with Gasteiger partial charge in [0.05, 0.1) is 35.2 Å². The molecule has 4 aromatic heterocycles. The second-order valence-corrected chi connectivity index (χ2v) is 8.38. The van der Waals surface area contributed by atoms with E-state index in [4.69, 9.17) is 10.2 Å². The maximum absolute atomic E-state index is 15.1. The van der Waals surface area contributed by atoms with E-state index in [1.165, 1.54) is 35.2 Å². The van der Waals surface area contributed by atoms with Gasteiger partial charge in [0.25, 0.3) is 5.56 Å². The number of carbonyl (C=O) groups is 1. The lowest BCUT2D eigenvalue weighted by Crippen LogP contribution is -2.35. The number of nitrogens with one attached hydrogen (secondary N) is 1. The minimum absolute atomic E-state index is 0.0558. The number of rotatable bonds is 4. The number of nitrogens with two attached hydrogens (primary N) is 1. The smallest absolute Gasteiger partial charge is 0.412 e. The highest BCUT2D eigenvalue weighted by molar-refractivity contribution is 6.17. The SMILES string of the molecule is C[n+]1c(N)nnc2cc(Cn3c(C(=O)O)c(-c4ccc[nH]c4=O)c4c5occc5c(F)cc43)ccc21. The number of pyridine rings is 1. The quantitative estimate of drug-likeness (QED) is 0.326. The van der Waals surface area contributed by atoms with Crippen molar-refractivity contribution in [1.82, 2.24) is 19.7 Å². The second-order valence-electron chi connectivity index (χ2n) is 8.38. The molecule has 0 unspecified atom stereocenters. The largest absolute Gasteiger partial charge is 0.477 e. The van der Waals surface area contributed by atoms with Gasteiger partial charge in [-0.2, -0.15) is 0 Å². The van der Waals surface area contributed by atoms with Crippen LogP contribution in [-0.4, -0.2) is 30.8 Å². The number of aromatic carboxylic acids is 1. The standard InChI is InChI=1S/C25H17FN6O4/c1-31-17-5-4-12(9-16(17)29-30-25(31)27)11-32-18-10-15(26)13-6-8-36-22(13)20(18)19(21(32)24(34)35)14-3-2-7-28-23(14)33/h2-10,27H,11H2,1H3,(H2,28,33,34,35)/p+1. The minimum Gasteiger partial charge on any atom is -0.477 e. The van der Waals surface area contributed by atoms with Crippen LogP contribution in [0.2, 0.25) is 0 Å². The number of aryl methyl sites for hydroxylation is 1. The summed E-state index contributed by atoms with van der Waals surface area (Å²) < 4.78 is 23.8. The third-order valence-electron chi connectivity index (χ3n) is 6.35. The van der Waals surface area contributed by atoms with Gasteiger partial charge >= 0.3 is 11.9 Å². The Morgan fingerprint density at radius 1 is 1.25 bits per heavy atom. The maximum atomic E-state index is 15.1. The number of halogens is 1. The molecule has 0 aliphatic rings. The molecule has 2 aromatic carbocycles. The van der Waals surface area contributed by atoms with Crippen LogP contribution in [-0.2, 0) is 13.6 Å². The molecule has 0 aliphatic heterocycles. The molecule has 0 spiro atoms. The molecule has 10 nitrogen and oxygen atoms in total. The predicted molar refractivity (Wildman–Crippen MR) is 129 cm³/mol. The third-order valence-corrected chi connectivity index (χ3v) is 6.35. The summed E-state index contributed by atoms with van der Waals surface area (Å²) in [6, 6.07) is 11.2. The topological polar surface area (TPSA) is 144 Å². The van der Waals surface area contributed by atoms with Crippen LogP contribution in [0.25, 0.3) is 44.0 Å². The van der Waals surface area contributed by atoms with Gasteiger partial charge in [-0.15, -0.1) is 0 Å². The van der Waals surface area contributed by atoms with Gasteiger partial charge in [-0.25, -0.2) is 13.8 Å². The van der Waals surface area contributed by atoms with Crippen molar-refractivity contribution in [2.45, 2.75) is 6.54 Å². The zero-order chi connectivity index (χ0) is 25.1. The van der Waals surface area contributed by atoms with Crippen LogP contribution >= 0.6 is 0 Å². The molecule has 0 atom stereocenters. The molecule has 0 radical (unpaired) electrons. The number of aromatic amines is 1. The summed E-state index contributed by atoms with van der Waals surface area (Å²) in [7, 11) is 1.76. The molecule has 4 N–H and O–H groups in total. The Balaban J connectivity index is 1.69. The molecule has 36 heavy (non-hydrogen) atoms. The molecule has 6 aromatic rings. The van der Waals surface area contributed by atoms with E-state index in [0.29, 0.717) is 16.5 Å². The monoisotopic (exact) mass is 485 g/mol. The number of H-pyrrole nitrogens is 1. The molecule has 0 fully saturated rings. The normalized spacial score (nSPS) is 11.6. The summed E-state index contributed by atoms with van der Waals surface area (Å²) in [6.07, 6.45) is 2.79. The first-order valence-electron chi connectivity index (χ1n) is 10.9. The van der Waals surface area contributed by atoms with Crippen LogP contribution in [0.5, 0.6) is 0 Å². The van der Waals surface area contributed by atoms with Crippen LogP contribution < -0.4 is 15.9 Å². The highest BCUT2D eigenvalue weighted by Crippen LogP contribution is 2.40. The second kappa shape index (κ2) is 7.73. The number of anilines is 1. The van der Waals surface area contributed by atoms with Gasteiger partial charge in [0.2, 0.25) is 0 Å². The predicted octanol–water partition coefficient (Wildman–Crippen LogP) is 2.98. The van der Waals surface area contributed by atoms with Gasteiger partial charge in [0.1, 0.15) is 28.1 Å². The molecule has 0 aliphatic carbocycles. The number of carboxylic acid groups (broad SMARTS) is 1. The molecule has 11 heteroatoms.